The lowest BCUT2D eigenvalue weighted by molar-refractivity contribution is 0.0601. The first-order valence-electron chi connectivity index (χ1n) is 5.55. The maximum atomic E-state index is 11.8. The van der Waals surface area contributed by atoms with Crippen molar-refractivity contribution in [3.8, 4) is 17.0 Å². The third-order valence-corrected chi connectivity index (χ3v) is 3.23. The van der Waals surface area contributed by atoms with Crippen LogP contribution in [0.5, 0.6) is 5.75 Å². The predicted octanol–water partition coefficient (Wildman–Crippen LogP) is 3.15. The highest BCUT2D eigenvalue weighted by Gasteiger charge is 2.15. The number of hydrogen-bond donors (Lipinski definition) is 0. The van der Waals surface area contributed by atoms with Crippen molar-refractivity contribution in [3.05, 3.63) is 45.7 Å². The highest BCUT2D eigenvalue weighted by molar-refractivity contribution is 14.1. The van der Waals surface area contributed by atoms with Gasteiger partial charge in [0.15, 0.2) is 0 Å². The Labute approximate surface area is 124 Å². The quantitative estimate of drug-likeness (QED) is 0.474. The van der Waals surface area contributed by atoms with Gasteiger partial charge in [0.1, 0.15) is 9.45 Å². The molecule has 0 N–H and O–H groups in total. The lowest BCUT2D eigenvalue weighted by Gasteiger charge is -2.08. The van der Waals surface area contributed by atoms with Gasteiger partial charge in [-0.2, -0.15) is 0 Å². The molecule has 0 atom stereocenters. The summed E-state index contributed by atoms with van der Waals surface area (Å²) in [6.07, 6.45) is 0. The molecule has 0 bridgehead atoms. The minimum Gasteiger partial charge on any atom is -0.497 e. The molecule has 1 heterocycles. The van der Waals surface area contributed by atoms with Gasteiger partial charge in [-0.1, -0.05) is 0 Å². The van der Waals surface area contributed by atoms with Crippen LogP contribution in [-0.2, 0) is 4.74 Å². The lowest BCUT2D eigenvalue weighted by atomic mass is 10.1. The van der Waals surface area contributed by atoms with E-state index in [1.165, 1.54) is 7.11 Å². The molecule has 0 saturated heterocycles. The Kier molecular flexibility index (Phi) is 4.36. The molecule has 1 aromatic carbocycles. The second-order valence-electron chi connectivity index (χ2n) is 3.75. The molecule has 1 aromatic heterocycles. The van der Waals surface area contributed by atoms with Crippen LogP contribution < -0.4 is 4.74 Å². The molecule has 0 aliphatic rings. The van der Waals surface area contributed by atoms with E-state index in [1.807, 2.05) is 24.3 Å². The van der Waals surface area contributed by atoms with Crippen molar-refractivity contribution in [3.63, 3.8) is 0 Å². The number of aromatic nitrogens is 1. The van der Waals surface area contributed by atoms with Crippen LogP contribution in [0, 0.1) is 3.70 Å². The van der Waals surface area contributed by atoms with Crippen LogP contribution in [0.3, 0.4) is 0 Å². The van der Waals surface area contributed by atoms with Gasteiger partial charge >= 0.3 is 5.97 Å². The van der Waals surface area contributed by atoms with E-state index in [4.69, 9.17) is 9.47 Å². The Morgan fingerprint density at radius 1 is 1.11 bits per heavy atom. The summed E-state index contributed by atoms with van der Waals surface area (Å²) in [6.45, 7) is 0. The van der Waals surface area contributed by atoms with Crippen molar-refractivity contribution in [1.82, 2.24) is 4.98 Å². The standard InChI is InChI=1S/C14H12INO3/c1-18-10-5-3-9(4-6-10)13-11(14(17)19-2)7-8-12(15)16-13/h3-8H,1-2H3. The average Bonchev–Trinajstić information content (AvgIpc) is 2.46. The molecule has 0 radical (unpaired) electrons. The second-order valence-corrected chi connectivity index (χ2v) is 4.86. The lowest BCUT2D eigenvalue weighted by Crippen LogP contribution is -2.05. The highest BCUT2D eigenvalue weighted by atomic mass is 127. The van der Waals surface area contributed by atoms with Crippen LogP contribution in [-0.4, -0.2) is 25.2 Å². The predicted molar refractivity (Wildman–Crippen MR) is 80.3 cm³/mol. The van der Waals surface area contributed by atoms with Gasteiger partial charge < -0.3 is 9.47 Å². The van der Waals surface area contributed by atoms with E-state index >= 15 is 0 Å². The molecular weight excluding hydrogens is 357 g/mol. The fraction of sp³-hybridized carbons (Fsp3) is 0.143. The fourth-order valence-corrected chi connectivity index (χ4v) is 2.10. The van der Waals surface area contributed by atoms with Gasteiger partial charge in [0.2, 0.25) is 0 Å². The Bertz CT molecular complexity index is 596. The molecule has 0 amide bonds. The van der Waals surface area contributed by atoms with Crippen LogP contribution in [0.15, 0.2) is 36.4 Å². The first-order valence-corrected chi connectivity index (χ1v) is 6.63. The monoisotopic (exact) mass is 369 g/mol. The minimum atomic E-state index is -0.394. The van der Waals surface area contributed by atoms with Gasteiger partial charge in [-0.3, -0.25) is 0 Å². The first kappa shape index (κ1) is 13.8. The minimum absolute atomic E-state index is 0.394. The van der Waals surface area contributed by atoms with E-state index in [0.717, 1.165) is 15.0 Å². The Balaban J connectivity index is 2.52. The summed E-state index contributed by atoms with van der Waals surface area (Å²) < 4.78 is 10.7. The first-order chi connectivity index (χ1) is 9.15. The van der Waals surface area contributed by atoms with Gasteiger partial charge in [0.05, 0.1) is 25.5 Å². The van der Waals surface area contributed by atoms with Crippen molar-refractivity contribution in [2.24, 2.45) is 0 Å². The molecule has 0 unspecified atom stereocenters. The summed E-state index contributed by atoms with van der Waals surface area (Å²) >= 11 is 2.11. The van der Waals surface area contributed by atoms with Crippen LogP contribution >= 0.6 is 22.6 Å². The van der Waals surface area contributed by atoms with Gasteiger partial charge in [0.25, 0.3) is 0 Å². The van der Waals surface area contributed by atoms with Gasteiger partial charge in [-0.15, -0.1) is 0 Å². The fourth-order valence-electron chi connectivity index (χ4n) is 1.68. The zero-order chi connectivity index (χ0) is 13.8. The van der Waals surface area contributed by atoms with E-state index in [9.17, 15) is 4.79 Å². The van der Waals surface area contributed by atoms with E-state index in [0.29, 0.717) is 11.3 Å². The number of pyridine rings is 1. The number of esters is 1. The molecule has 0 saturated carbocycles. The number of carbonyl (C=O) groups excluding carboxylic acids is 1. The summed E-state index contributed by atoms with van der Waals surface area (Å²) in [6, 6.07) is 10.9. The Morgan fingerprint density at radius 3 is 2.37 bits per heavy atom. The molecule has 5 heteroatoms. The zero-order valence-electron chi connectivity index (χ0n) is 10.5. The number of benzene rings is 1. The summed E-state index contributed by atoms with van der Waals surface area (Å²) in [5.74, 6) is 0.365. The van der Waals surface area contributed by atoms with Gasteiger partial charge in [0, 0.05) is 5.56 Å². The number of ether oxygens (including phenoxy) is 2. The molecule has 0 aliphatic carbocycles. The molecule has 2 aromatic rings. The Morgan fingerprint density at radius 2 is 1.79 bits per heavy atom. The zero-order valence-corrected chi connectivity index (χ0v) is 12.7. The number of methoxy groups -OCH3 is 2. The normalized spacial score (nSPS) is 10.1. The molecule has 0 fully saturated rings. The van der Waals surface area contributed by atoms with Crippen molar-refractivity contribution in [2.45, 2.75) is 0 Å². The summed E-state index contributed by atoms with van der Waals surface area (Å²) in [5.41, 5.74) is 1.91. The molecule has 0 aliphatic heterocycles. The van der Waals surface area contributed by atoms with Crippen LogP contribution in [0.2, 0.25) is 0 Å². The molecule has 0 spiro atoms. The molecule has 19 heavy (non-hydrogen) atoms. The van der Waals surface area contributed by atoms with Crippen LogP contribution in [0.4, 0.5) is 0 Å². The van der Waals surface area contributed by atoms with Crippen molar-refractivity contribution < 1.29 is 14.3 Å². The second kappa shape index (κ2) is 6.01. The summed E-state index contributed by atoms with van der Waals surface area (Å²) in [7, 11) is 2.97. The summed E-state index contributed by atoms with van der Waals surface area (Å²) in [5, 5.41) is 0. The number of nitrogens with zero attached hydrogens (tertiary/aromatic N) is 1. The topological polar surface area (TPSA) is 48.4 Å². The van der Waals surface area contributed by atoms with Crippen molar-refractivity contribution in [1.29, 1.82) is 0 Å². The SMILES string of the molecule is COC(=O)c1ccc(I)nc1-c1ccc(OC)cc1. The van der Waals surface area contributed by atoms with E-state index in [2.05, 4.69) is 27.6 Å². The molecule has 2 rings (SSSR count). The molecular formula is C14H12INO3. The van der Waals surface area contributed by atoms with Gasteiger partial charge in [-0.05, 0) is 59.0 Å². The number of halogens is 1. The average molecular weight is 369 g/mol. The molecule has 98 valence electrons. The van der Waals surface area contributed by atoms with Crippen molar-refractivity contribution >= 4 is 28.6 Å². The maximum absolute atomic E-state index is 11.8. The van der Waals surface area contributed by atoms with Crippen LogP contribution in [0.25, 0.3) is 11.3 Å². The highest BCUT2D eigenvalue weighted by Crippen LogP contribution is 2.25. The van der Waals surface area contributed by atoms with Crippen molar-refractivity contribution in [2.75, 3.05) is 14.2 Å². The maximum Gasteiger partial charge on any atom is 0.340 e. The third-order valence-electron chi connectivity index (χ3n) is 2.63. The summed E-state index contributed by atoms with van der Waals surface area (Å²) in [4.78, 5) is 16.2. The number of carbonyl (C=O) groups is 1. The Hall–Kier alpha value is -1.63. The van der Waals surface area contributed by atoms with E-state index in [1.54, 1.807) is 19.2 Å². The van der Waals surface area contributed by atoms with Gasteiger partial charge in [-0.25, -0.2) is 9.78 Å². The number of hydrogen-bond acceptors (Lipinski definition) is 4. The molecule has 4 nitrogen and oxygen atoms in total. The largest absolute Gasteiger partial charge is 0.497 e. The van der Waals surface area contributed by atoms with Crippen LogP contribution in [0.1, 0.15) is 10.4 Å². The smallest absolute Gasteiger partial charge is 0.340 e. The number of rotatable bonds is 3. The third kappa shape index (κ3) is 3.04. The van der Waals surface area contributed by atoms with E-state index in [-0.39, 0.29) is 0 Å². The van der Waals surface area contributed by atoms with E-state index < -0.39 is 5.97 Å².